The molecule has 2 rings (SSSR count). The van der Waals surface area contributed by atoms with Crippen molar-refractivity contribution in [2.75, 3.05) is 13.1 Å². The fraction of sp³-hybridized carbons (Fsp3) is 0.467. The zero-order valence-corrected chi connectivity index (χ0v) is 11.7. The molecule has 0 aromatic heterocycles. The summed E-state index contributed by atoms with van der Waals surface area (Å²) in [5.41, 5.74) is 0. The van der Waals surface area contributed by atoms with Crippen molar-refractivity contribution in [2.45, 2.75) is 26.4 Å². The van der Waals surface area contributed by atoms with Crippen LogP contribution in [0.25, 0.3) is 0 Å². The van der Waals surface area contributed by atoms with E-state index in [9.17, 15) is 9.59 Å². The molecule has 1 unspecified atom stereocenters. The van der Waals surface area contributed by atoms with Crippen LogP contribution in [-0.4, -0.2) is 36.2 Å². The molecular formula is C15H19NO4. The van der Waals surface area contributed by atoms with Crippen molar-refractivity contribution in [3.8, 4) is 5.75 Å². The summed E-state index contributed by atoms with van der Waals surface area (Å²) < 4.78 is 10.4. The Morgan fingerprint density at radius 1 is 1.25 bits per heavy atom. The van der Waals surface area contributed by atoms with Crippen molar-refractivity contribution < 1.29 is 19.1 Å². The van der Waals surface area contributed by atoms with Gasteiger partial charge >= 0.3 is 12.1 Å². The molecular weight excluding hydrogens is 258 g/mol. The van der Waals surface area contributed by atoms with Gasteiger partial charge in [-0.15, -0.1) is 0 Å². The van der Waals surface area contributed by atoms with E-state index in [1.54, 1.807) is 29.2 Å². The minimum atomic E-state index is -0.420. The highest BCUT2D eigenvalue weighted by Gasteiger charge is 2.33. The zero-order chi connectivity index (χ0) is 14.5. The van der Waals surface area contributed by atoms with Crippen molar-refractivity contribution >= 4 is 12.1 Å². The second-order valence-electron chi connectivity index (χ2n) is 5.10. The molecule has 0 saturated carbocycles. The van der Waals surface area contributed by atoms with Crippen LogP contribution in [-0.2, 0) is 9.53 Å². The Morgan fingerprint density at radius 3 is 2.60 bits per heavy atom. The third-order valence-corrected chi connectivity index (χ3v) is 3.08. The van der Waals surface area contributed by atoms with Crippen LogP contribution >= 0.6 is 0 Å². The molecule has 5 nitrogen and oxygen atoms in total. The lowest BCUT2D eigenvalue weighted by Gasteiger charge is -2.16. The summed E-state index contributed by atoms with van der Waals surface area (Å²) in [6.07, 6.45) is 0.0685. The smallest absolute Gasteiger partial charge is 0.415 e. The van der Waals surface area contributed by atoms with Crippen molar-refractivity contribution in [3.63, 3.8) is 0 Å². The number of hydrogen-bond donors (Lipinski definition) is 0. The summed E-state index contributed by atoms with van der Waals surface area (Å²) in [4.78, 5) is 25.3. The lowest BCUT2D eigenvalue weighted by molar-refractivity contribution is -0.151. The molecule has 5 heteroatoms. The molecule has 1 saturated heterocycles. The summed E-state index contributed by atoms with van der Waals surface area (Å²) in [5, 5.41) is 0. The fourth-order valence-corrected chi connectivity index (χ4v) is 2.10. The Bertz CT molecular complexity index is 472. The highest BCUT2D eigenvalue weighted by molar-refractivity contribution is 5.76. The molecule has 1 aliphatic heterocycles. The molecule has 1 fully saturated rings. The lowest BCUT2D eigenvalue weighted by atomic mass is 10.1. The summed E-state index contributed by atoms with van der Waals surface area (Å²) in [6.45, 7) is 4.50. The highest BCUT2D eigenvalue weighted by Crippen LogP contribution is 2.20. The van der Waals surface area contributed by atoms with Gasteiger partial charge in [-0.05, 0) is 32.4 Å². The predicted octanol–water partition coefficient (Wildman–Crippen LogP) is 2.46. The number of hydrogen-bond acceptors (Lipinski definition) is 4. The van der Waals surface area contributed by atoms with Gasteiger partial charge in [-0.25, -0.2) is 4.79 Å². The lowest BCUT2D eigenvalue weighted by Crippen LogP contribution is -2.33. The number of para-hydroxylation sites is 1. The van der Waals surface area contributed by atoms with E-state index in [1.807, 2.05) is 19.9 Å². The summed E-state index contributed by atoms with van der Waals surface area (Å²) in [7, 11) is 0. The number of carbonyl (C=O) groups is 2. The number of rotatable bonds is 3. The predicted molar refractivity (Wildman–Crippen MR) is 73.4 cm³/mol. The number of likely N-dealkylation sites (tertiary alicyclic amines) is 1. The van der Waals surface area contributed by atoms with Gasteiger partial charge in [0.1, 0.15) is 5.75 Å². The van der Waals surface area contributed by atoms with Gasteiger partial charge in [0.25, 0.3) is 0 Å². The Balaban J connectivity index is 1.86. The van der Waals surface area contributed by atoms with E-state index in [0.29, 0.717) is 25.3 Å². The van der Waals surface area contributed by atoms with Crippen molar-refractivity contribution in [3.05, 3.63) is 30.3 Å². The molecule has 1 atom stereocenters. The van der Waals surface area contributed by atoms with Crippen LogP contribution in [0.3, 0.4) is 0 Å². The van der Waals surface area contributed by atoms with E-state index in [-0.39, 0.29) is 18.0 Å². The molecule has 1 amide bonds. The van der Waals surface area contributed by atoms with Gasteiger partial charge in [0.05, 0.1) is 12.0 Å². The van der Waals surface area contributed by atoms with Gasteiger partial charge in [0.15, 0.2) is 0 Å². The van der Waals surface area contributed by atoms with Crippen molar-refractivity contribution in [1.29, 1.82) is 0 Å². The average molecular weight is 277 g/mol. The second-order valence-corrected chi connectivity index (χ2v) is 5.10. The number of ether oxygens (including phenoxy) is 2. The molecule has 1 aliphatic rings. The first-order valence-electron chi connectivity index (χ1n) is 6.78. The van der Waals surface area contributed by atoms with E-state index < -0.39 is 6.09 Å². The molecule has 0 aliphatic carbocycles. The topological polar surface area (TPSA) is 55.8 Å². The normalized spacial score (nSPS) is 18.1. The minimum absolute atomic E-state index is 0.132. The Kier molecular flexibility index (Phi) is 4.61. The zero-order valence-electron chi connectivity index (χ0n) is 11.7. The number of benzene rings is 1. The first kappa shape index (κ1) is 14.4. The van der Waals surface area contributed by atoms with Gasteiger partial charge in [-0.3, -0.25) is 4.79 Å². The van der Waals surface area contributed by atoms with Crippen LogP contribution in [0.15, 0.2) is 30.3 Å². The third-order valence-electron chi connectivity index (χ3n) is 3.08. The van der Waals surface area contributed by atoms with Crippen LogP contribution in [0.4, 0.5) is 4.79 Å². The summed E-state index contributed by atoms with van der Waals surface area (Å²) in [5.74, 6) is 0.0152. The quantitative estimate of drug-likeness (QED) is 0.796. The molecule has 20 heavy (non-hydrogen) atoms. The Hall–Kier alpha value is -2.04. The molecule has 0 radical (unpaired) electrons. The van der Waals surface area contributed by atoms with Crippen molar-refractivity contribution in [1.82, 2.24) is 4.90 Å². The third kappa shape index (κ3) is 3.73. The maximum Gasteiger partial charge on any atom is 0.415 e. The first-order chi connectivity index (χ1) is 9.56. The van der Waals surface area contributed by atoms with Crippen LogP contribution in [0.1, 0.15) is 20.3 Å². The molecule has 0 spiro atoms. The summed E-state index contributed by atoms with van der Waals surface area (Å²) in [6, 6.07) is 8.90. The van der Waals surface area contributed by atoms with Gasteiger partial charge < -0.3 is 14.4 Å². The largest absolute Gasteiger partial charge is 0.463 e. The molecule has 1 aromatic rings. The molecule has 1 heterocycles. The van der Waals surface area contributed by atoms with E-state index in [0.717, 1.165) is 0 Å². The monoisotopic (exact) mass is 277 g/mol. The number of nitrogens with zero attached hydrogens (tertiary/aromatic N) is 1. The SMILES string of the molecule is CC(C)OC(=O)C1CCN(C(=O)Oc2ccccc2)C1. The van der Waals surface area contributed by atoms with Crippen LogP contribution in [0.5, 0.6) is 5.75 Å². The van der Waals surface area contributed by atoms with Crippen LogP contribution in [0, 0.1) is 5.92 Å². The van der Waals surface area contributed by atoms with Crippen molar-refractivity contribution in [2.24, 2.45) is 5.92 Å². The van der Waals surface area contributed by atoms with E-state index >= 15 is 0 Å². The van der Waals surface area contributed by atoms with Gasteiger partial charge in [-0.2, -0.15) is 0 Å². The van der Waals surface area contributed by atoms with E-state index in [4.69, 9.17) is 9.47 Å². The molecule has 0 bridgehead atoms. The highest BCUT2D eigenvalue weighted by atomic mass is 16.6. The summed E-state index contributed by atoms with van der Waals surface area (Å²) >= 11 is 0. The van der Waals surface area contributed by atoms with Gasteiger partial charge in [0, 0.05) is 13.1 Å². The van der Waals surface area contributed by atoms with Gasteiger partial charge in [0.2, 0.25) is 0 Å². The second kappa shape index (κ2) is 6.41. The van der Waals surface area contributed by atoms with Gasteiger partial charge in [-0.1, -0.05) is 18.2 Å². The minimum Gasteiger partial charge on any atom is -0.463 e. The number of carbonyl (C=O) groups excluding carboxylic acids is 2. The first-order valence-corrected chi connectivity index (χ1v) is 6.78. The maximum absolute atomic E-state index is 12.0. The fourth-order valence-electron chi connectivity index (χ4n) is 2.10. The molecule has 1 aromatic carbocycles. The Morgan fingerprint density at radius 2 is 1.95 bits per heavy atom. The standard InChI is InChI=1S/C15H19NO4/c1-11(2)19-14(17)12-8-9-16(10-12)15(18)20-13-6-4-3-5-7-13/h3-7,11-12H,8-10H2,1-2H3. The van der Waals surface area contributed by atoms with E-state index in [2.05, 4.69) is 0 Å². The maximum atomic E-state index is 12.0. The van der Waals surface area contributed by atoms with Crippen LogP contribution in [0.2, 0.25) is 0 Å². The molecule has 108 valence electrons. The number of amides is 1. The molecule has 0 N–H and O–H groups in total. The van der Waals surface area contributed by atoms with E-state index in [1.165, 1.54) is 0 Å². The Labute approximate surface area is 118 Å². The van der Waals surface area contributed by atoms with Crippen LogP contribution < -0.4 is 4.74 Å². The number of esters is 1. The average Bonchev–Trinajstić information content (AvgIpc) is 2.89.